The Balaban J connectivity index is 2.34. The van der Waals surface area contributed by atoms with Gasteiger partial charge in [-0.05, 0) is 24.1 Å². The molecule has 0 bridgehead atoms. The Morgan fingerprint density at radius 3 is 2.90 bits per heavy atom. The van der Waals surface area contributed by atoms with Crippen LogP contribution in [0, 0.1) is 0 Å². The minimum atomic E-state index is -0.461. The average Bonchev–Trinajstić information content (AvgIpc) is 2.77. The van der Waals surface area contributed by atoms with Crippen LogP contribution in [-0.4, -0.2) is 15.2 Å². The number of anilines is 1. The summed E-state index contributed by atoms with van der Waals surface area (Å²) < 4.78 is 2.02. The van der Waals surface area contributed by atoms with Gasteiger partial charge in [-0.15, -0.1) is 0 Å². The summed E-state index contributed by atoms with van der Waals surface area (Å²) >= 11 is 6.06. The van der Waals surface area contributed by atoms with Gasteiger partial charge in [-0.25, -0.2) is 9.98 Å². The molecule has 0 radical (unpaired) electrons. The maximum Gasteiger partial charge on any atom is 0.197 e. The highest BCUT2D eigenvalue weighted by atomic mass is 35.5. The molecule has 3 heterocycles. The predicted molar refractivity (Wildman–Crippen MR) is 80.1 cm³/mol. The van der Waals surface area contributed by atoms with Crippen molar-refractivity contribution in [3.8, 4) is 5.82 Å². The molecule has 2 aromatic rings. The fourth-order valence-electron chi connectivity index (χ4n) is 2.31. The molecule has 0 amide bonds. The van der Waals surface area contributed by atoms with Crippen molar-refractivity contribution >= 4 is 23.6 Å². The van der Waals surface area contributed by atoms with Gasteiger partial charge in [-0.2, -0.15) is 0 Å². The Hall–Kier alpha value is -2.01. The van der Waals surface area contributed by atoms with Gasteiger partial charge in [0.25, 0.3) is 0 Å². The van der Waals surface area contributed by atoms with E-state index < -0.39 is 5.62 Å². The summed E-state index contributed by atoms with van der Waals surface area (Å²) in [5.74, 6) is 1.58. The number of nitrogens with two attached hydrogens (primary N) is 1. The summed E-state index contributed by atoms with van der Waals surface area (Å²) in [6.07, 6.45) is 1.88. The summed E-state index contributed by atoms with van der Waals surface area (Å²) in [5.41, 5.74) is 7.27. The Bertz CT molecular complexity index is 762. The van der Waals surface area contributed by atoms with Crippen molar-refractivity contribution in [2.24, 2.45) is 4.99 Å². The second-order valence-electron chi connectivity index (χ2n) is 5.03. The number of fused-ring (bicyclic) bond motifs is 1. The van der Waals surface area contributed by atoms with Gasteiger partial charge in [0.15, 0.2) is 5.62 Å². The van der Waals surface area contributed by atoms with E-state index in [1.807, 2.05) is 22.9 Å². The maximum atomic E-state index is 6.06. The Morgan fingerprint density at radius 2 is 2.20 bits per heavy atom. The third-order valence-electron chi connectivity index (χ3n) is 3.22. The van der Waals surface area contributed by atoms with Crippen molar-refractivity contribution in [3.63, 3.8) is 0 Å². The number of hydrogen-bond donors (Lipinski definition) is 2. The van der Waals surface area contributed by atoms with E-state index in [0.29, 0.717) is 11.7 Å². The van der Waals surface area contributed by atoms with E-state index in [9.17, 15) is 0 Å². The monoisotopic (exact) mass is 289 g/mol. The van der Waals surface area contributed by atoms with Crippen molar-refractivity contribution in [2.75, 3.05) is 5.73 Å². The molecule has 0 saturated carbocycles. The summed E-state index contributed by atoms with van der Waals surface area (Å²) in [6, 6.07) is 7.67. The first kappa shape index (κ1) is 13.0. The molecule has 2 aromatic heterocycles. The average molecular weight is 290 g/mol. The van der Waals surface area contributed by atoms with Crippen LogP contribution < -0.4 is 21.8 Å². The lowest BCUT2D eigenvalue weighted by Crippen LogP contribution is -2.39. The Morgan fingerprint density at radius 1 is 1.40 bits per heavy atom. The van der Waals surface area contributed by atoms with E-state index in [0.717, 1.165) is 22.2 Å². The molecule has 3 rings (SSSR count). The van der Waals surface area contributed by atoms with Crippen LogP contribution in [-0.2, 0) is 0 Å². The number of rotatable bonds is 2. The maximum absolute atomic E-state index is 6.06. The minimum Gasteiger partial charge on any atom is -0.384 e. The molecule has 1 atom stereocenters. The molecule has 3 N–H and O–H groups in total. The highest BCUT2D eigenvalue weighted by Gasteiger charge is 2.16. The zero-order chi connectivity index (χ0) is 14.3. The summed E-state index contributed by atoms with van der Waals surface area (Å²) in [5, 5.41) is 4.00. The molecule has 5 nitrogen and oxygen atoms in total. The first-order valence-corrected chi connectivity index (χ1v) is 6.92. The highest BCUT2D eigenvalue weighted by molar-refractivity contribution is 6.20. The lowest BCUT2D eigenvalue weighted by Gasteiger charge is -2.13. The largest absolute Gasteiger partial charge is 0.384 e. The van der Waals surface area contributed by atoms with Gasteiger partial charge in [0, 0.05) is 17.1 Å². The van der Waals surface area contributed by atoms with E-state index in [-0.39, 0.29) is 0 Å². The molecule has 0 saturated heterocycles. The van der Waals surface area contributed by atoms with Crippen molar-refractivity contribution in [3.05, 3.63) is 40.7 Å². The van der Waals surface area contributed by atoms with Crippen LogP contribution in [0.15, 0.2) is 29.3 Å². The SMILES string of the molecule is CC(C)c1cc2c(n1-c1cccc(N)n1)=NC(Cl)NC=2. The van der Waals surface area contributed by atoms with Crippen molar-refractivity contribution in [1.29, 1.82) is 0 Å². The van der Waals surface area contributed by atoms with E-state index in [2.05, 4.69) is 35.2 Å². The lowest BCUT2D eigenvalue weighted by molar-refractivity contribution is 0.724. The highest BCUT2D eigenvalue weighted by Crippen LogP contribution is 2.16. The van der Waals surface area contributed by atoms with Crippen molar-refractivity contribution < 1.29 is 0 Å². The third kappa shape index (κ3) is 2.14. The van der Waals surface area contributed by atoms with E-state index >= 15 is 0 Å². The van der Waals surface area contributed by atoms with Gasteiger partial charge in [0.2, 0.25) is 0 Å². The normalized spacial score (nSPS) is 17.1. The topological polar surface area (TPSA) is 68.2 Å². The number of pyridine rings is 1. The number of nitrogens with one attached hydrogen (secondary N) is 1. The molecule has 0 fully saturated rings. The predicted octanol–water partition coefficient (Wildman–Crippen LogP) is 1.06. The first-order chi connectivity index (χ1) is 9.56. The number of alkyl halides is 1. The van der Waals surface area contributed by atoms with Crippen LogP contribution in [0.25, 0.3) is 12.0 Å². The van der Waals surface area contributed by atoms with Gasteiger partial charge >= 0.3 is 0 Å². The van der Waals surface area contributed by atoms with Crippen LogP contribution >= 0.6 is 11.6 Å². The van der Waals surface area contributed by atoms with Gasteiger partial charge in [-0.1, -0.05) is 31.5 Å². The zero-order valence-corrected chi connectivity index (χ0v) is 12.1. The standard InChI is InChI=1S/C14H16ClN5/c1-8(2)10-6-9-7-17-14(15)19-13(9)20(10)12-5-3-4-11(16)18-12/h3-8,14,17H,1-2H3,(H2,16,18). The molecule has 6 heteroatoms. The smallest absolute Gasteiger partial charge is 0.197 e. The van der Waals surface area contributed by atoms with E-state index in [4.69, 9.17) is 17.3 Å². The van der Waals surface area contributed by atoms with Gasteiger partial charge < -0.3 is 11.1 Å². The molecule has 1 unspecified atom stereocenters. The second-order valence-corrected chi connectivity index (χ2v) is 5.45. The molecular weight excluding hydrogens is 274 g/mol. The van der Waals surface area contributed by atoms with Crippen molar-refractivity contribution in [1.82, 2.24) is 14.9 Å². The number of aromatic nitrogens is 2. The van der Waals surface area contributed by atoms with Crippen molar-refractivity contribution in [2.45, 2.75) is 25.4 Å². The summed E-state index contributed by atoms with van der Waals surface area (Å²) in [7, 11) is 0. The molecule has 1 aliphatic rings. The Labute approximate surface area is 121 Å². The van der Waals surface area contributed by atoms with Crippen LogP contribution in [0.3, 0.4) is 0 Å². The third-order valence-corrected chi connectivity index (χ3v) is 3.44. The zero-order valence-electron chi connectivity index (χ0n) is 11.3. The summed E-state index contributed by atoms with van der Waals surface area (Å²) in [6.45, 7) is 4.27. The fraction of sp³-hybridized carbons (Fsp3) is 0.286. The van der Waals surface area contributed by atoms with Crippen LogP contribution in [0.5, 0.6) is 0 Å². The molecule has 0 aliphatic carbocycles. The number of hydrogen-bond acceptors (Lipinski definition) is 4. The number of nitrogens with zero attached hydrogens (tertiary/aromatic N) is 3. The van der Waals surface area contributed by atoms with Crippen LogP contribution in [0.2, 0.25) is 0 Å². The molecular formula is C14H16ClN5. The molecule has 20 heavy (non-hydrogen) atoms. The second kappa shape index (κ2) is 4.83. The Kier molecular flexibility index (Phi) is 3.14. The molecule has 0 spiro atoms. The molecule has 0 aromatic carbocycles. The lowest BCUT2D eigenvalue weighted by atomic mass is 10.1. The molecule has 104 valence electrons. The van der Waals surface area contributed by atoms with Gasteiger partial charge in [0.1, 0.15) is 17.1 Å². The fourth-order valence-corrected chi connectivity index (χ4v) is 2.47. The van der Waals surface area contributed by atoms with E-state index in [1.165, 1.54) is 0 Å². The summed E-state index contributed by atoms with van der Waals surface area (Å²) in [4.78, 5) is 8.86. The van der Waals surface area contributed by atoms with Gasteiger partial charge in [-0.3, -0.25) is 4.57 Å². The van der Waals surface area contributed by atoms with E-state index in [1.54, 1.807) is 6.07 Å². The first-order valence-electron chi connectivity index (χ1n) is 6.49. The number of halogens is 1. The number of nitrogen functional groups attached to an aromatic ring is 1. The quantitative estimate of drug-likeness (QED) is 0.642. The minimum absolute atomic E-state index is 0.334. The van der Waals surface area contributed by atoms with Crippen LogP contribution in [0.1, 0.15) is 25.5 Å². The molecule has 1 aliphatic heterocycles. The van der Waals surface area contributed by atoms with Crippen LogP contribution in [0.4, 0.5) is 5.82 Å². The van der Waals surface area contributed by atoms with Gasteiger partial charge in [0.05, 0.1) is 0 Å².